The van der Waals surface area contributed by atoms with Gasteiger partial charge in [0.2, 0.25) is 0 Å². The molecule has 1 aliphatic rings. The molecule has 13 heavy (non-hydrogen) atoms. The van der Waals surface area contributed by atoms with Gasteiger partial charge in [-0.2, -0.15) is 0 Å². The first kappa shape index (κ1) is 8.91. The van der Waals surface area contributed by atoms with Crippen molar-refractivity contribution in [2.24, 2.45) is 0 Å². The van der Waals surface area contributed by atoms with Crippen LogP contribution in [-0.2, 0) is 14.9 Å². The zero-order valence-corrected chi connectivity index (χ0v) is 8.58. The molecule has 68 valence electrons. The first-order valence-corrected chi connectivity index (χ1v) is 4.86. The highest BCUT2D eigenvalue weighted by atomic mass is 79.9. The van der Waals surface area contributed by atoms with E-state index in [0.29, 0.717) is 13.2 Å². The number of rotatable bonds is 2. The van der Waals surface area contributed by atoms with Crippen LogP contribution in [-0.4, -0.2) is 19.5 Å². The molecule has 0 N–H and O–H groups in total. The van der Waals surface area contributed by atoms with E-state index in [1.807, 2.05) is 24.3 Å². The zero-order valence-electron chi connectivity index (χ0n) is 7.00. The largest absolute Gasteiger partial charge is 0.379 e. The standard InChI is InChI=1S/C10H9BrO2/c11-9-3-1-8(2-4-9)10(5-12)6-13-7-10/h1-5H,6-7H2. The minimum Gasteiger partial charge on any atom is -0.379 e. The molecule has 1 fully saturated rings. The van der Waals surface area contributed by atoms with Crippen LogP contribution in [0, 0.1) is 0 Å². The molecule has 2 nitrogen and oxygen atoms in total. The van der Waals surface area contributed by atoms with Gasteiger partial charge in [0.05, 0.1) is 18.6 Å². The highest BCUT2D eigenvalue weighted by Crippen LogP contribution is 2.30. The van der Waals surface area contributed by atoms with Gasteiger partial charge in [-0.15, -0.1) is 0 Å². The van der Waals surface area contributed by atoms with Crippen molar-refractivity contribution in [1.82, 2.24) is 0 Å². The number of halogens is 1. The molecule has 0 atom stereocenters. The molecule has 0 aliphatic carbocycles. The molecule has 0 radical (unpaired) electrons. The average Bonchev–Trinajstić information content (AvgIpc) is 2.07. The summed E-state index contributed by atoms with van der Waals surface area (Å²) >= 11 is 3.35. The number of hydrogen-bond donors (Lipinski definition) is 0. The van der Waals surface area contributed by atoms with Crippen molar-refractivity contribution >= 4 is 22.2 Å². The van der Waals surface area contributed by atoms with Gasteiger partial charge in [0.25, 0.3) is 0 Å². The van der Waals surface area contributed by atoms with Gasteiger partial charge in [0.15, 0.2) is 0 Å². The topological polar surface area (TPSA) is 26.3 Å². The molecule has 3 heteroatoms. The van der Waals surface area contributed by atoms with Crippen molar-refractivity contribution in [2.75, 3.05) is 13.2 Å². The van der Waals surface area contributed by atoms with Crippen LogP contribution in [0.4, 0.5) is 0 Å². The summed E-state index contributed by atoms with van der Waals surface area (Å²) in [5.74, 6) is 0. The quantitative estimate of drug-likeness (QED) is 0.739. The molecule has 1 aromatic rings. The van der Waals surface area contributed by atoms with E-state index in [-0.39, 0.29) is 5.41 Å². The Hall–Kier alpha value is -0.670. The second-order valence-electron chi connectivity index (χ2n) is 3.27. The van der Waals surface area contributed by atoms with Crippen molar-refractivity contribution in [3.05, 3.63) is 34.3 Å². The summed E-state index contributed by atoms with van der Waals surface area (Å²) < 4.78 is 6.10. The summed E-state index contributed by atoms with van der Waals surface area (Å²) in [4.78, 5) is 10.9. The normalized spacial score (nSPS) is 19.2. The van der Waals surface area contributed by atoms with Gasteiger partial charge >= 0.3 is 0 Å². The Kier molecular flexibility index (Phi) is 2.22. The second kappa shape index (κ2) is 3.24. The Balaban J connectivity index is 2.33. The smallest absolute Gasteiger partial charge is 0.135 e. The SMILES string of the molecule is O=CC1(c2ccc(Br)cc2)COC1. The third-order valence-electron chi connectivity index (χ3n) is 2.36. The van der Waals surface area contributed by atoms with Crippen LogP contribution in [0.1, 0.15) is 5.56 Å². The van der Waals surface area contributed by atoms with Crippen molar-refractivity contribution in [2.45, 2.75) is 5.41 Å². The second-order valence-corrected chi connectivity index (χ2v) is 4.19. The zero-order chi connectivity index (χ0) is 9.31. The molecule has 1 aromatic carbocycles. The summed E-state index contributed by atoms with van der Waals surface area (Å²) in [6, 6.07) is 7.81. The number of hydrogen-bond acceptors (Lipinski definition) is 2. The van der Waals surface area contributed by atoms with E-state index < -0.39 is 0 Å². The number of carbonyl (C=O) groups is 1. The fourth-order valence-electron chi connectivity index (χ4n) is 1.41. The van der Waals surface area contributed by atoms with Gasteiger partial charge in [0.1, 0.15) is 6.29 Å². The Labute approximate surface area is 85.0 Å². The van der Waals surface area contributed by atoms with E-state index >= 15 is 0 Å². The van der Waals surface area contributed by atoms with Gasteiger partial charge in [-0.3, -0.25) is 0 Å². The Morgan fingerprint density at radius 2 is 1.92 bits per heavy atom. The van der Waals surface area contributed by atoms with Crippen LogP contribution in [0.5, 0.6) is 0 Å². The van der Waals surface area contributed by atoms with E-state index in [0.717, 1.165) is 16.3 Å². The maximum absolute atomic E-state index is 10.9. The van der Waals surface area contributed by atoms with Crippen LogP contribution >= 0.6 is 15.9 Å². The van der Waals surface area contributed by atoms with Gasteiger partial charge in [-0.25, -0.2) is 0 Å². The summed E-state index contributed by atoms with van der Waals surface area (Å²) in [7, 11) is 0. The summed E-state index contributed by atoms with van der Waals surface area (Å²) in [6.07, 6.45) is 0.986. The molecule has 0 amide bonds. The van der Waals surface area contributed by atoms with E-state index in [1.54, 1.807) is 0 Å². The first-order valence-electron chi connectivity index (χ1n) is 4.07. The fraction of sp³-hybridized carbons (Fsp3) is 0.300. The summed E-state index contributed by atoms with van der Waals surface area (Å²) in [5.41, 5.74) is 0.665. The molecule has 1 heterocycles. The van der Waals surface area contributed by atoms with Crippen LogP contribution in [0.25, 0.3) is 0 Å². The highest BCUT2D eigenvalue weighted by Gasteiger charge is 2.40. The monoisotopic (exact) mass is 240 g/mol. The molecule has 0 bridgehead atoms. The molecule has 1 aliphatic heterocycles. The van der Waals surface area contributed by atoms with E-state index in [2.05, 4.69) is 15.9 Å². The summed E-state index contributed by atoms with van der Waals surface area (Å²) in [6.45, 7) is 1.02. The van der Waals surface area contributed by atoms with Crippen LogP contribution in [0.3, 0.4) is 0 Å². The lowest BCUT2D eigenvalue weighted by molar-refractivity contribution is -0.129. The van der Waals surface area contributed by atoms with Crippen LogP contribution < -0.4 is 0 Å². The molecular formula is C10H9BrO2. The molecule has 0 aromatic heterocycles. The Bertz CT molecular complexity index is 314. The van der Waals surface area contributed by atoms with Gasteiger partial charge in [-0.1, -0.05) is 28.1 Å². The van der Waals surface area contributed by atoms with Crippen LogP contribution in [0.15, 0.2) is 28.7 Å². The molecule has 0 unspecified atom stereocenters. The minimum absolute atomic E-state index is 0.374. The molecule has 0 spiro atoms. The number of benzene rings is 1. The minimum atomic E-state index is -0.374. The molecular weight excluding hydrogens is 232 g/mol. The van der Waals surface area contributed by atoms with E-state index in [4.69, 9.17) is 4.74 Å². The van der Waals surface area contributed by atoms with Crippen LogP contribution in [0.2, 0.25) is 0 Å². The molecule has 1 saturated heterocycles. The lowest BCUT2D eigenvalue weighted by Gasteiger charge is -2.36. The summed E-state index contributed by atoms with van der Waals surface area (Å²) in [5, 5.41) is 0. The third-order valence-corrected chi connectivity index (χ3v) is 2.89. The van der Waals surface area contributed by atoms with Crippen molar-refractivity contribution in [3.63, 3.8) is 0 Å². The third kappa shape index (κ3) is 1.42. The number of carbonyl (C=O) groups excluding carboxylic acids is 1. The molecule has 0 saturated carbocycles. The van der Waals surface area contributed by atoms with Gasteiger partial charge in [0, 0.05) is 4.47 Å². The average molecular weight is 241 g/mol. The number of ether oxygens (including phenoxy) is 1. The van der Waals surface area contributed by atoms with Crippen molar-refractivity contribution in [3.8, 4) is 0 Å². The predicted molar refractivity (Wildman–Crippen MR) is 52.7 cm³/mol. The van der Waals surface area contributed by atoms with Crippen molar-refractivity contribution < 1.29 is 9.53 Å². The van der Waals surface area contributed by atoms with Crippen molar-refractivity contribution in [1.29, 1.82) is 0 Å². The first-order chi connectivity index (χ1) is 6.27. The number of aldehydes is 1. The maximum atomic E-state index is 10.9. The lowest BCUT2D eigenvalue weighted by Crippen LogP contribution is -2.48. The van der Waals surface area contributed by atoms with E-state index in [9.17, 15) is 4.79 Å². The highest BCUT2D eigenvalue weighted by molar-refractivity contribution is 9.10. The maximum Gasteiger partial charge on any atom is 0.135 e. The Morgan fingerprint density at radius 3 is 2.31 bits per heavy atom. The molecule has 2 rings (SSSR count). The van der Waals surface area contributed by atoms with Gasteiger partial charge in [-0.05, 0) is 17.7 Å². The fourth-order valence-corrected chi connectivity index (χ4v) is 1.67. The van der Waals surface area contributed by atoms with E-state index in [1.165, 1.54) is 0 Å². The van der Waals surface area contributed by atoms with Gasteiger partial charge < -0.3 is 9.53 Å². The predicted octanol–water partition coefficient (Wildman–Crippen LogP) is 1.92. The Morgan fingerprint density at radius 1 is 1.31 bits per heavy atom. The lowest BCUT2D eigenvalue weighted by atomic mass is 9.80.